The first-order valence-corrected chi connectivity index (χ1v) is 6.41. The molecule has 1 aliphatic rings. The maximum Gasteiger partial charge on any atom is 0.125 e. The number of anilines is 1. The van der Waals surface area contributed by atoms with Crippen LogP contribution in [0.5, 0.6) is 11.5 Å². The lowest BCUT2D eigenvalue weighted by Crippen LogP contribution is -2.02. The number of phenolic OH excluding ortho intramolecular Hbond substituents is 1. The molecule has 1 aliphatic heterocycles. The molecule has 3 rings (SSSR count). The molecule has 0 bridgehead atoms. The molecule has 0 fully saturated rings. The van der Waals surface area contributed by atoms with Gasteiger partial charge < -0.3 is 15.2 Å². The molecule has 1 atom stereocenters. The Kier molecular flexibility index (Phi) is 2.71. The highest BCUT2D eigenvalue weighted by atomic mass is 35.5. The Morgan fingerprint density at radius 1 is 1.39 bits per heavy atom. The lowest BCUT2D eigenvalue weighted by atomic mass is 9.95. The van der Waals surface area contributed by atoms with Crippen molar-refractivity contribution in [1.82, 2.24) is 0 Å². The largest absolute Gasteiger partial charge is 0.507 e. The van der Waals surface area contributed by atoms with E-state index in [1.165, 1.54) is 5.56 Å². The number of hydrogen-bond donors (Lipinski definition) is 2. The third kappa shape index (κ3) is 1.58. The Labute approximate surface area is 110 Å². The third-order valence-corrected chi connectivity index (χ3v) is 3.87. The summed E-state index contributed by atoms with van der Waals surface area (Å²) in [5.41, 5.74) is 2.15. The first kappa shape index (κ1) is 11.5. The van der Waals surface area contributed by atoms with Gasteiger partial charge in [0, 0.05) is 35.5 Å². The summed E-state index contributed by atoms with van der Waals surface area (Å²) in [4.78, 5) is 0. The Balaban J connectivity index is 2.34. The van der Waals surface area contributed by atoms with Crippen LogP contribution >= 0.6 is 11.6 Å². The Hall–Kier alpha value is -1.61. The normalized spacial score (nSPS) is 17.6. The molecule has 2 N–H and O–H groups in total. The van der Waals surface area contributed by atoms with Crippen molar-refractivity contribution < 1.29 is 9.84 Å². The van der Waals surface area contributed by atoms with Crippen LogP contribution in [0, 0.1) is 0 Å². The number of aromatic hydroxyl groups is 1. The van der Waals surface area contributed by atoms with E-state index in [1.54, 1.807) is 13.2 Å². The van der Waals surface area contributed by atoms with E-state index in [2.05, 4.69) is 5.32 Å². The highest BCUT2D eigenvalue weighted by Crippen LogP contribution is 2.43. The molecular formula is C14H14ClNO2. The SMILES string of the molecule is COc1ccc2c(O)cc3c(c2c1)C(CCl)CN3. The average Bonchev–Trinajstić information content (AvgIpc) is 2.81. The van der Waals surface area contributed by atoms with Crippen LogP contribution in [0.3, 0.4) is 0 Å². The Morgan fingerprint density at radius 3 is 2.94 bits per heavy atom. The Bertz CT molecular complexity index is 612. The molecule has 3 nitrogen and oxygen atoms in total. The quantitative estimate of drug-likeness (QED) is 0.817. The minimum absolute atomic E-state index is 0.275. The van der Waals surface area contributed by atoms with E-state index < -0.39 is 0 Å². The molecule has 2 aromatic carbocycles. The summed E-state index contributed by atoms with van der Waals surface area (Å²) in [6.45, 7) is 0.814. The predicted octanol–water partition coefficient (Wildman–Crippen LogP) is 3.30. The second-order valence-corrected chi connectivity index (χ2v) is 4.81. The first-order chi connectivity index (χ1) is 8.74. The van der Waals surface area contributed by atoms with Crippen LogP contribution in [0.15, 0.2) is 24.3 Å². The van der Waals surface area contributed by atoms with Gasteiger partial charge in [0.2, 0.25) is 0 Å². The second kappa shape index (κ2) is 4.25. The van der Waals surface area contributed by atoms with Crippen molar-refractivity contribution in [3.8, 4) is 11.5 Å². The van der Waals surface area contributed by atoms with Gasteiger partial charge in [-0.15, -0.1) is 11.6 Å². The lowest BCUT2D eigenvalue weighted by molar-refractivity contribution is 0.415. The number of methoxy groups -OCH3 is 1. The van der Waals surface area contributed by atoms with Gasteiger partial charge in [-0.25, -0.2) is 0 Å². The van der Waals surface area contributed by atoms with Crippen molar-refractivity contribution in [1.29, 1.82) is 0 Å². The van der Waals surface area contributed by atoms with E-state index in [1.807, 2.05) is 18.2 Å². The van der Waals surface area contributed by atoms with Gasteiger partial charge in [0.1, 0.15) is 11.5 Å². The first-order valence-electron chi connectivity index (χ1n) is 5.88. The number of ether oxygens (including phenoxy) is 1. The minimum atomic E-state index is 0.275. The number of rotatable bonds is 2. The van der Waals surface area contributed by atoms with E-state index in [0.717, 1.165) is 28.8 Å². The van der Waals surface area contributed by atoms with Crippen LogP contribution in [-0.4, -0.2) is 24.6 Å². The van der Waals surface area contributed by atoms with Crippen LogP contribution < -0.4 is 10.1 Å². The highest BCUT2D eigenvalue weighted by Gasteiger charge is 2.25. The number of phenols is 1. The number of fused-ring (bicyclic) bond motifs is 3. The van der Waals surface area contributed by atoms with E-state index in [4.69, 9.17) is 16.3 Å². The van der Waals surface area contributed by atoms with Gasteiger partial charge in [-0.1, -0.05) is 0 Å². The minimum Gasteiger partial charge on any atom is -0.507 e. The fraction of sp³-hybridized carbons (Fsp3) is 0.286. The third-order valence-electron chi connectivity index (χ3n) is 3.50. The van der Waals surface area contributed by atoms with E-state index >= 15 is 0 Å². The van der Waals surface area contributed by atoms with E-state index in [0.29, 0.717) is 5.88 Å². The van der Waals surface area contributed by atoms with Crippen molar-refractivity contribution >= 4 is 28.1 Å². The summed E-state index contributed by atoms with van der Waals surface area (Å²) < 4.78 is 5.26. The summed E-state index contributed by atoms with van der Waals surface area (Å²) >= 11 is 6.02. The fourth-order valence-electron chi connectivity index (χ4n) is 2.59. The summed E-state index contributed by atoms with van der Waals surface area (Å²) in [5, 5.41) is 15.2. The molecule has 2 aromatic rings. The van der Waals surface area contributed by atoms with Gasteiger partial charge >= 0.3 is 0 Å². The zero-order valence-electron chi connectivity index (χ0n) is 10.0. The van der Waals surface area contributed by atoms with Crippen LogP contribution in [0.1, 0.15) is 11.5 Å². The average molecular weight is 264 g/mol. The van der Waals surface area contributed by atoms with Gasteiger partial charge in [-0.2, -0.15) is 0 Å². The second-order valence-electron chi connectivity index (χ2n) is 4.50. The molecule has 0 aliphatic carbocycles. The molecule has 0 radical (unpaired) electrons. The van der Waals surface area contributed by atoms with Crippen LogP contribution in [0.4, 0.5) is 5.69 Å². The van der Waals surface area contributed by atoms with Crippen molar-refractivity contribution in [3.63, 3.8) is 0 Å². The Morgan fingerprint density at radius 2 is 2.22 bits per heavy atom. The molecule has 0 aromatic heterocycles. The number of nitrogens with one attached hydrogen (secondary N) is 1. The predicted molar refractivity (Wildman–Crippen MR) is 74.1 cm³/mol. The van der Waals surface area contributed by atoms with E-state index in [-0.39, 0.29) is 11.7 Å². The van der Waals surface area contributed by atoms with Gasteiger partial charge in [-0.05, 0) is 29.1 Å². The molecular weight excluding hydrogens is 250 g/mol. The zero-order valence-corrected chi connectivity index (χ0v) is 10.8. The van der Waals surface area contributed by atoms with Crippen LogP contribution in [0.2, 0.25) is 0 Å². The standard InChI is InChI=1S/C14H14ClNO2/c1-18-9-2-3-10-11(4-9)14-8(6-15)7-16-12(14)5-13(10)17/h2-5,8,16-17H,6-7H2,1H3. The van der Waals surface area contributed by atoms with E-state index in [9.17, 15) is 5.11 Å². The van der Waals surface area contributed by atoms with Crippen molar-refractivity contribution in [2.75, 3.05) is 24.9 Å². The van der Waals surface area contributed by atoms with Gasteiger partial charge in [-0.3, -0.25) is 0 Å². The molecule has 0 saturated carbocycles. The molecule has 18 heavy (non-hydrogen) atoms. The maximum atomic E-state index is 10.0. The van der Waals surface area contributed by atoms with Crippen LogP contribution in [-0.2, 0) is 0 Å². The molecule has 1 unspecified atom stereocenters. The smallest absolute Gasteiger partial charge is 0.125 e. The topological polar surface area (TPSA) is 41.5 Å². The van der Waals surface area contributed by atoms with Crippen molar-refractivity contribution in [2.24, 2.45) is 0 Å². The number of benzene rings is 2. The van der Waals surface area contributed by atoms with Gasteiger partial charge in [0.15, 0.2) is 0 Å². The number of hydrogen-bond acceptors (Lipinski definition) is 3. The fourth-order valence-corrected chi connectivity index (χ4v) is 2.85. The highest BCUT2D eigenvalue weighted by molar-refractivity contribution is 6.18. The molecule has 94 valence electrons. The molecule has 0 saturated heterocycles. The van der Waals surface area contributed by atoms with Crippen molar-refractivity contribution in [2.45, 2.75) is 5.92 Å². The number of halogens is 1. The number of alkyl halides is 1. The summed E-state index contributed by atoms with van der Waals surface area (Å²) in [5.74, 6) is 1.92. The summed E-state index contributed by atoms with van der Waals surface area (Å²) in [7, 11) is 1.64. The van der Waals surface area contributed by atoms with Gasteiger partial charge in [0.25, 0.3) is 0 Å². The van der Waals surface area contributed by atoms with Crippen LogP contribution in [0.25, 0.3) is 10.8 Å². The molecule has 1 heterocycles. The lowest BCUT2D eigenvalue weighted by Gasteiger charge is -2.12. The summed E-state index contributed by atoms with van der Waals surface area (Å²) in [6.07, 6.45) is 0. The van der Waals surface area contributed by atoms with Gasteiger partial charge in [0.05, 0.1) is 7.11 Å². The monoisotopic (exact) mass is 263 g/mol. The van der Waals surface area contributed by atoms with Crippen molar-refractivity contribution in [3.05, 3.63) is 29.8 Å². The molecule has 0 spiro atoms. The molecule has 0 amide bonds. The maximum absolute atomic E-state index is 10.0. The summed E-state index contributed by atoms with van der Waals surface area (Å²) in [6, 6.07) is 7.47. The zero-order chi connectivity index (χ0) is 12.7. The molecule has 4 heteroatoms.